The van der Waals surface area contributed by atoms with Gasteiger partial charge in [-0.3, -0.25) is 4.72 Å². The monoisotopic (exact) mass is 344 g/mol. The Kier molecular flexibility index (Phi) is 6.27. The van der Waals surface area contributed by atoms with Gasteiger partial charge in [-0.1, -0.05) is 42.5 Å². The summed E-state index contributed by atoms with van der Waals surface area (Å²) in [7, 11) is -3.59. The van der Waals surface area contributed by atoms with E-state index < -0.39 is 10.0 Å². The van der Waals surface area contributed by atoms with Crippen LogP contribution in [0.25, 0.3) is 6.08 Å². The highest BCUT2D eigenvalue weighted by molar-refractivity contribution is 7.99. The molecule has 0 atom stereocenters. The number of nitrogens with zero attached hydrogens (tertiary/aromatic N) is 1. The van der Waals surface area contributed by atoms with Crippen molar-refractivity contribution < 1.29 is 8.42 Å². The Bertz CT molecular complexity index is 810. The molecule has 0 aliphatic rings. The summed E-state index contributed by atoms with van der Waals surface area (Å²) in [4.78, 5) is 0.805. The van der Waals surface area contributed by atoms with Gasteiger partial charge < -0.3 is 0 Å². The molecule has 0 aliphatic carbocycles. The van der Waals surface area contributed by atoms with Crippen molar-refractivity contribution in [1.29, 1.82) is 5.26 Å². The zero-order valence-corrected chi connectivity index (χ0v) is 14.0. The van der Waals surface area contributed by atoms with Crippen LogP contribution in [0.1, 0.15) is 12.0 Å². The predicted octanol–water partition coefficient (Wildman–Crippen LogP) is 4.10. The Balaban J connectivity index is 2.11. The van der Waals surface area contributed by atoms with Gasteiger partial charge in [0.15, 0.2) is 0 Å². The Morgan fingerprint density at radius 2 is 1.78 bits per heavy atom. The summed E-state index contributed by atoms with van der Waals surface area (Å²) in [5.41, 5.74) is 1.34. The lowest BCUT2D eigenvalue weighted by Gasteiger charge is -2.09. The molecule has 118 valence electrons. The van der Waals surface area contributed by atoms with Gasteiger partial charge in [0.1, 0.15) is 0 Å². The maximum atomic E-state index is 12.2. The number of nitriles is 1. The molecule has 0 radical (unpaired) electrons. The molecule has 0 unspecified atom stereocenters. The first-order chi connectivity index (χ1) is 11.1. The van der Waals surface area contributed by atoms with Crippen LogP contribution in [0.5, 0.6) is 0 Å². The summed E-state index contributed by atoms with van der Waals surface area (Å²) in [6.07, 6.45) is 1.97. The van der Waals surface area contributed by atoms with Gasteiger partial charge in [0.25, 0.3) is 10.0 Å². The molecule has 0 amide bonds. The fourth-order valence-corrected chi connectivity index (χ4v) is 3.62. The molecule has 2 rings (SSSR count). The van der Waals surface area contributed by atoms with Crippen molar-refractivity contribution in [2.45, 2.75) is 11.3 Å². The number of sulfonamides is 1. The number of benzene rings is 2. The minimum absolute atomic E-state index is 0.416. The molecule has 2 aromatic carbocycles. The number of hydrogen-bond acceptors (Lipinski definition) is 4. The Morgan fingerprint density at radius 3 is 2.52 bits per heavy atom. The van der Waals surface area contributed by atoms with Crippen LogP contribution in [0.2, 0.25) is 0 Å². The van der Waals surface area contributed by atoms with Gasteiger partial charge in [0, 0.05) is 17.1 Å². The van der Waals surface area contributed by atoms with Crippen molar-refractivity contribution in [1.82, 2.24) is 0 Å². The molecule has 0 bridgehead atoms. The molecule has 0 saturated carbocycles. The van der Waals surface area contributed by atoms with Crippen LogP contribution in [0, 0.1) is 11.3 Å². The van der Waals surface area contributed by atoms with Crippen molar-refractivity contribution in [3.63, 3.8) is 0 Å². The number of thioether (sulfide) groups is 1. The van der Waals surface area contributed by atoms with Crippen molar-refractivity contribution in [3.8, 4) is 6.07 Å². The molecule has 2 aromatic rings. The van der Waals surface area contributed by atoms with Crippen LogP contribution >= 0.6 is 11.8 Å². The third kappa shape index (κ3) is 5.81. The van der Waals surface area contributed by atoms with Crippen molar-refractivity contribution in [3.05, 3.63) is 65.6 Å². The molecule has 4 nitrogen and oxygen atoms in total. The predicted molar refractivity (Wildman–Crippen MR) is 95.4 cm³/mol. The molecule has 0 spiro atoms. The van der Waals surface area contributed by atoms with E-state index in [1.165, 1.54) is 11.8 Å². The second-order valence-electron chi connectivity index (χ2n) is 4.61. The largest absolute Gasteiger partial charge is 0.279 e. The normalized spacial score (nSPS) is 11.3. The van der Waals surface area contributed by atoms with Crippen LogP contribution in [0.15, 0.2) is 64.9 Å². The van der Waals surface area contributed by atoms with Gasteiger partial charge in [-0.05, 0) is 23.8 Å². The zero-order valence-electron chi connectivity index (χ0n) is 12.3. The lowest BCUT2D eigenvalue weighted by Crippen LogP contribution is -2.09. The first-order valence-electron chi connectivity index (χ1n) is 6.95. The van der Waals surface area contributed by atoms with Crippen LogP contribution in [0.3, 0.4) is 0 Å². The van der Waals surface area contributed by atoms with E-state index in [9.17, 15) is 8.42 Å². The second kappa shape index (κ2) is 8.42. The Hall–Kier alpha value is -2.23. The third-order valence-corrected chi connectivity index (χ3v) is 4.92. The lowest BCUT2D eigenvalue weighted by atomic mass is 10.2. The molecule has 0 aromatic heterocycles. The fraction of sp³-hybridized carbons (Fsp3) is 0.118. The van der Waals surface area contributed by atoms with Gasteiger partial charge in [-0.15, -0.1) is 11.8 Å². The van der Waals surface area contributed by atoms with Crippen molar-refractivity contribution in [2.24, 2.45) is 0 Å². The van der Waals surface area contributed by atoms with Crippen LogP contribution in [0.4, 0.5) is 5.69 Å². The highest BCUT2D eigenvalue weighted by Gasteiger charge is 2.09. The SMILES string of the molecule is N#CCCSc1ccccc1NS(=O)(=O)/C=C/c1ccccc1. The number of nitrogens with one attached hydrogen (secondary N) is 1. The van der Waals surface area contributed by atoms with E-state index in [0.717, 1.165) is 15.9 Å². The number of hydrogen-bond donors (Lipinski definition) is 1. The van der Waals surface area contributed by atoms with E-state index in [2.05, 4.69) is 10.8 Å². The van der Waals surface area contributed by atoms with E-state index in [4.69, 9.17) is 5.26 Å². The molecule has 0 fully saturated rings. The first kappa shape index (κ1) is 17.1. The quantitative estimate of drug-likeness (QED) is 0.606. The molecular weight excluding hydrogens is 328 g/mol. The first-order valence-corrected chi connectivity index (χ1v) is 9.49. The molecule has 1 N–H and O–H groups in total. The fourth-order valence-electron chi connectivity index (χ4n) is 1.80. The maximum Gasteiger partial charge on any atom is 0.255 e. The molecule has 0 heterocycles. The van der Waals surface area contributed by atoms with Crippen LogP contribution in [-0.2, 0) is 10.0 Å². The Morgan fingerprint density at radius 1 is 1.09 bits per heavy atom. The highest BCUT2D eigenvalue weighted by Crippen LogP contribution is 2.28. The number of para-hydroxylation sites is 1. The van der Waals surface area contributed by atoms with E-state index >= 15 is 0 Å². The summed E-state index contributed by atoms with van der Waals surface area (Å²) in [6, 6.07) is 18.5. The summed E-state index contributed by atoms with van der Waals surface area (Å²) in [6.45, 7) is 0. The lowest BCUT2D eigenvalue weighted by molar-refractivity contribution is 0.609. The maximum absolute atomic E-state index is 12.2. The van der Waals surface area contributed by atoms with Gasteiger partial charge in [0.2, 0.25) is 0 Å². The number of rotatable bonds is 7. The minimum Gasteiger partial charge on any atom is -0.279 e. The van der Waals surface area contributed by atoms with Crippen molar-refractivity contribution >= 4 is 33.5 Å². The van der Waals surface area contributed by atoms with Gasteiger partial charge in [0.05, 0.1) is 17.2 Å². The van der Waals surface area contributed by atoms with E-state index in [1.54, 1.807) is 18.2 Å². The van der Waals surface area contributed by atoms with Crippen LogP contribution in [-0.4, -0.2) is 14.2 Å². The smallest absolute Gasteiger partial charge is 0.255 e. The van der Waals surface area contributed by atoms with Gasteiger partial charge >= 0.3 is 0 Å². The van der Waals surface area contributed by atoms with Crippen molar-refractivity contribution in [2.75, 3.05) is 10.5 Å². The summed E-state index contributed by atoms with van der Waals surface area (Å²) in [5, 5.41) is 9.75. The zero-order chi connectivity index (χ0) is 16.5. The standard InChI is InChI=1S/C17H16N2O2S2/c18-12-6-13-22-17-10-5-4-9-16(17)19-23(20,21)14-11-15-7-2-1-3-8-15/h1-5,7-11,14,19H,6,13H2/b14-11+. The Labute approximate surface area is 140 Å². The summed E-state index contributed by atoms with van der Waals surface area (Å²) >= 11 is 1.45. The minimum atomic E-state index is -3.59. The van der Waals surface area contributed by atoms with E-state index in [-0.39, 0.29) is 0 Å². The number of anilines is 1. The molecular formula is C17H16N2O2S2. The van der Waals surface area contributed by atoms with E-state index in [1.807, 2.05) is 42.5 Å². The van der Waals surface area contributed by atoms with E-state index in [0.29, 0.717) is 17.9 Å². The molecule has 0 saturated heterocycles. The second-order valence-corrected chi connectivity index (χ2v) is 7.32. The topological polar surface area (TPSA) is 70.0 Å². The van der Waals surface area contributed by atoms with Gasteiger partial charge in [-0.25, -0.2) is 8.42 Å². The summed E-state index contributed by atoms with van der Waals surface area (Å²) in [5.74, 6) is 0.620. The highest BCUT2D eigenvalue weighted by atomic mass is 32.2. The molecule has 23 heavy (non-hydrogen) atoms. The van der Waals surface area contributed by atoms with Gasteiger partial charge in [-0.2, -0.15) is 5.26 Å². The van der Waals surface area contributed by atoms with Crippen LogP contribution < -0.4 is 4.72 Å². The molecule has 6 heteroatoms. The average Bonchev–Trinajstić information content (AvgIpc) is 2.56. The third-order valence-electron chi connectivity index (χ3n) is 2.85. The molecule has 0 aliphatic heterocycles. The summed E-state index contributed by atoms with van der Waals surface area (Å²) < 4.78 is 27.0. The average molecular weight is 344 g/mol.